The lowest BCUT2D eigenvalue weighted by Gasteiger charge is -2.34. The summed E-state index contributed by atoms with van der Waals surface area (Å²) >= 11 is 2.00. The van der Waals surface area contributed by atoms with Crippen LogP contribution in [-0.4, -0.2) is 0 Å². The van der Waals surface area contributed by atoms with Gasteiger partial charge < -0.3 is 0 Å². The standard InChI is InChI=1S/C27H26S/c1-27(2,3)24-19-23(20-13-7-4-8-14-20)25(21-15-9-5-10-16-21)26(28-24)22-17-11-6-12-18-22/h4-19,26H,1-3H3. The molecule has 4 rings (SSSR count). The topological polar surface area (TPSA) is 0 Å². The molecule has 0 aromatic heterocycles. The van der Waals surface area contributed by atoms with E-state index >= 15 is 0 Å². The van der Waals surface area contributed by atoms with Crippen LogP contribution in [0.5, 0.6) is 0 Å². The smallest absolute Gasteiger partial charge is 0.0602 e. The Bertz CT molecular complexity index is 990. The van der Waals surface area contributed by atoms with Crippen molar-refractivity contribution >= 4 is 22.9 Å². The van der Waals surface area contributed by atoms with Gasteiger partial charge in [0.15, 0.2) is 0 Å². The first-order valence-corrected chi connectivity index (χ1v) is 10.7. The van der Waals surface area contributed by atoms with Gasteiger partial charge >= 0.3 is 0 Å². The van der Waals surface area contributed by atoms with Gasteiger partial charge in [-0.3, -0.25) is 0 Å². The van der Waals surface area contributed by atoms with Crippen LogP contribution >= 0.6 is 11.8 Å². The van der Waals surface area contributed by atoms with Crippen LogP contribution in [-0.2, 0) is 0 Å². The lowest BCUT2D eigenvalue weighted by Crippen LogP contribution is -2.14. The van der Waals surface area contributed by atoms with Crippen LogP contribution in [0.15, 0.2) is 102 Å². The maximum absolute atomic E-state index is 2.42. The SMILES string of the molecule is CC(C)(C)C1=CC(c2ccccc2)=C(c2ccccc2)C(c2ccccc2)S1. The zero-order valence-electron chi connectivity index (χ0n) is 16.7. The van der Waals surface area contributed by atoms with Crippen molar-refractivity contribution in [3.8, 4) is 0 Å². The second-order valence-corrected chi connectivity index (χ2v) is 9.37. The van der Waals surface area contributed by atoms with Gasteiger partial charge in [0, 0.05) is 0 Å². The van der Waals surface area contributed by atoms with E-state index in [0.717, 1.165) is 0 Å². The molecule has 3 aromatic rings. The van der Waals surface area contributed by atoms with Gasteiger partial charge in [-0.2, -0.15) is 0 Å². The predicted octanol–water partition coefficient (Wildman–Crippen LogP) is 8.02. The molecule has 0 aliphatic carbocycles. The van der Waals surface area contributed by atoms with Gasteiger partial charge in [-0.25, -0.2) is 0 Å². The fourth-order valence-electron chi connectivity index (χ4n) is 3.61. The first-order valence-electron chi connectivity index (χ1n) is 9.83. The highest BCUT2D eigenvalue weighted by molar-refractivity contribution is 8.03. The number of rotatable bonds is 3. The van der Waals surface area contributed by atoms with Gasteiger partial charge in [0.25, 0.3) is 0 Å². The largest absolute Gasteiger partial charge is 0.117 e. The molecule has 0 N–H and O–H groups in total. The summed E-state index contributed by atoms with van der Waals surface area (Å²) < 4.78 is 0. The van der Waals surface area contributed by atoms with Crippen LogP contribution in [0.1, 0.15) is 42.7 Å². The van der Waals surface area contributed by atoms with Gasteiger partial charge in [-0.05, 0) is 44.2 Å². The molecule has 1 heterocycles. The minimum absolute atomic E-state index is 0.111. The van der Waals surface area contributed by atoms with E-state index in [4.69, 9.17) is 0 Å². The molecule has 3 aromatic carbocycles. The number of benzene rings is 3. The van der Waals surface area contributed by atoms with Crippen LogP contribution in [0, 0.1) is 5.41 Å². The van der Waals surface area contributed by atoms with Crippen LogP contribution < -0.4 is 0 Å². The van der Waals surface area contributed by atoms with E-state index in [0.29, 0.717) is 0 Å². The molecular formula is C27H26S. The van der Waals surface area contributed by atoms with Crippen molar-refractivity contribution in [3.05, 3.63) is 119 Å². The lowest BCUT2D eigenvalue weighted by molar-refractivity contribution is 0.533. The van der Waals surface area contributed by atoms with Crippen molar-refractivity contribution in [1.29, 1.82) is 0 Å². The molecule has 1 heteroatoms. The Labute approximate surface area is 173 Å². The average molecular weight is 383 g/mol. The molecule has 1 atom stereocenters. The predicted molar refractivity (Wildman–Crippen MR) is 124 cm³/mol. The Hall–Kier alpha value is -2.51. The van der Waals surface area contributed by atoms with E-state index in [-0.39, 0.29) is 10.7 Å². The Morgan fingerprint density at radius 3 is 1.68 bits per heavy atom. The zero-order chi connectivity index (χ0) is 19.6. The Balaban J connectivity index is 2.01. The van der Waals surface area contributed by atoms with Crippen LogP contribution in [0.4, 0.5) is 0 Å². The molecule has 0 spiro atoms. The minimum Gasteiger partial charge on any atom is -0.117 e. The van der Waals surface area contributed by atoms with Crippen LogP contribution in [0.25, 0.3) is 11.1 Å². The summed E-state index contributed by atoms with van der Waals surface area (Å²) in [5.41, 5.74) is 6.78. The van der Waals surface area contributed by atoms with Crippen molar-refractivity contribution in [2.24, 2.45) is 5.41 Å². The summed E-state index contributed by atoms with van der Waals surface area (Å²) in [5, 5.41) is 0.276. The van der Waals surface area contributed by atoms with E-state index in [2.05, 4.69) is 118 Å². The second-order valence-electron chi connectivity index (χ2n) is 8.23. The summed E-state index contributed by atoms with van der Waals surface area (Å²) in [6, 6.07) is 32.6. The average Bonchev–Trinajstić information content (AvgIpc) is 2.74. The molecule has 0 fully saturated rings. The molecule has 1 unspecified atom stereocenters. The summed E-state index contributed by atoms with van der Waals surface area (Å²) in [5.74, 6) is 0. The third kappa shape index (κ3) is 3.86. The van der Waals surface area contributed by atoms with E-state index in [9.17, 15) is 0 Å². The van der Waals surface area contributed by atoms with Crippen molar-refractivity contribution in [1.82, 2.24) is 0 Å². The van der Waals surface area contributed by atoms with Crippen molar-refractivity contribution < 1.29 is 0 Å². The molecule has 1 aliphatic heterocycles. The van der Waals surface area contributed by atoms with Gasteiger partial charge in [0.2, 0.25) is 0 Å². The molecule has 140 valence electrons. The number of thioether (sulfide) groups is 1. The third-order valence-electron chi connectivity index (χ3n) is 5.08. The Morgan fingerprint density at radius 1 is 0.643 bits per heavy atom. The third-order valence-corrected chi connectivity index (χ3v) is 6.81. The summed E-state index contributed by atoms with van der Waals surface area (Å²) in [7, 11) is 0. The van der Waals surface area contributed by atoms with E-state index in [1.54, 1.807) is 0 Å². The van der Waals surface area contributed by atoms with Crippen molar-refractivity contribution in [2.75, 3.05) is 0 Å². The number of hydrogen-bond acceptors (Lipinski definition) is 1. The zero-order valence-corrected chi connectivity index (χ0v) is 17.5. The molecular weight excluding hydrogens is 356 g/mol. The summed E-state index contributed by atoms with van der Waals surface area (Å²) in [6.45, 7) is 6.93. The fraction of sp³-hybridized carbons (Fsp3) is 0.185. The summed E-state index contributed by atoms with van der Waals surface area (Å²) in [4.78, 5) is 1.43. The van der Waals surface area contributed by atoms with Gasteiger partial charge in [-0.15, -0.1) is 11.8 Å². The molecule has 28 heavy (non-hydrogen) atoms. The van der Waals surface area contributed by atoms with Crippen LogP contribution in [0.2, 0.25) is 0 Å². The first-order chi connectivity index (χ1) is 13.5. The normalized spacial score (nSPS) is 17.4. The Morgan fingerprint density at radius 2 is 1.14 bits per heavy atom. The molecule has 0 radical (unpaired) electrons. The molecule has 0 bridgehead atoms. The lowest BCUT2D eigenvalue weighted by atomic mass is 9.86. The molecule has 0 amide bonds. The Kier molecular flexibility index (Phi) is 5.28. The molecule has 0 saturated heterocycles. The van der Waals surface area contributed by atoms with Crippen molar-refractivity contribution in [3.63, 3.8) is 0 Å². The highest BCUT2D eigenvalue weighted by atomic mass is 32.2. The van der Waals surface area contributed by atoms with E-state index in [1.807, 2.05) is 11.8 Å². The highest BCUT2D eigenvalue weighted by Crippen LogP contribution is 2.55. The first kappa shape index (κ1) is 18.8. The van der Waals surface area contributed by atoms with Gasteiger partial charge in [0.1, 0.15) is 0 Å². The molecule has 1 aliphatic rings. The number of hydrogen-bond donors (Lipinski definition) is 0. The molecule has 0 saturated carbocycles. The molecule has 0 nitrogen and oxygen atoms in total. The van der Waals surface area contributed by atoms with Crippen LogP contribution in [0.3, 0.4) is 0 Å². The fourth-order valence-corrected chi connectivity index (χ4v) is 5.07. The second kappa shape index (κ2) is 7.85. The minimum atomic E-state index is 0.111. The number of allylic oxidation sites excluding steroid dienone is 3. The quantitative estimate of drug-likeness (QED) is 0.442. The summed E-state index contributed by atoms with van der Waals surface area (Å²) in [6.07, 6.45) is 2.42. The van der Waals surface area contributed by atoms with E-state index in [1.165, 1.54) is 32.7 Å². The maximum atomic E-state index is 2.42. The monoisotopic (exact) mass is 382 g/mol. The van der Waals surface area contributed by atoms with Gasteiger partial charge in [-0.1, -0.05) is 112 Å². The van der Waals surface area contributed by atoms with Crippen molar-refractivity contribution in [2.45, 2.75) is 26.0 Å². The highest BCUT2D eigenvalue weighted by Gasteiger charge is 2.31. The van der Waals surface area contributed by atoms with E-state index < -0.39 is 0 Å². The van der Waals surface area contributed by atoms with Gasteiger partial charge in [0.05, 0.1) is 5.25 Å². The maximum Gasteiger partial charge on any atom is 0.0602 e.